The number of hydrogen-bond acceptors (Lipinski definition) is 4. The van der Waals surface area contributed by atoms with E-state index in [1.54, 1.807) is 6.92 Å². The highest BCUT2D eigenvalue weighted by Gasteiger charge is 2.14. The normalized spacial score (nSPS) is 12.8. The molecule has 1 rings (SSSR count). The van der Waals surface area contributed by atoms with Gasteiger partial charge in [-0.15, -0.1) is 0 Å². The quantitative estimate of drug-likeness (QED) is 0.828. The Hall–Kier alpha value is -1.07. The minimum Gasteiger partial charge on any atom is -0.391 e. The second-order valence-corrected chi connectivity index (χ2v) is 4.98. The van der Waals surface area contributed by atoms with Crippen molar-refractivity contribution < 1.29 is 14.4 Å². The van der Waals surface area contributed by atoms with Crippen molar-refractivity contribution in [3.63, 3.8) is 0 Å². The van der Waals surface area contributed by atoms with Crippen molar-refractivity contribution >= 4 is 17.5 Å². The number of rotatable bonds is 6. The average molecular weight is 275 g/mol. The number of aliphatic hydroxyl groups is 1. The fourth-order valence-corrected chi connectivity index (χ4v) is 1.69. The Bertz CT molecular complexity index is 385. The minimum atomic E-state index is -0.519. The van der Waals surface area contributed by atoms with Crippen molar-refractivity contribution in [3.8, 4) is 0 Å². The summed E-state index contributed by atoms with van der Waals surface area (Å²) in [7, 11) is 0. The molecule has 5 nitrogen and oxygen atoms in total. The molecule has 1 unspecified atom stereocenters. The third kappa shape index (κ3) is 4.31. The second kappa shape index (κ2) is 6.75. The van der Waals surface area contributed by atoms with Gasteiger partial charge >= 0.3 is 0 Å². The molecule has 0 bridgehead atoms. The van der Waals surface area contributed by atoms with Gasteiger partial charge in [0.15, 0.2) is 0 Å². The summed E-state index contributed by atoms with van der Waals surface area (Å²) < 4.78 is 4.80. The minimum absolute atomic E-state index is 0.119. The lowest BCUT2D eigenvalue weighted by Gasteiger charge is -2.14. The van der Waals surface area contributed by atoms with Crippen molar-refractivity contribution in [1.29, 1.82) is 0 Å². The van der Waals surface area contributed by atoms with Crippen LogP contribution in [0.4, 0.5) is 0 Å². The summed E-state index contributed by atoms with van der Waals surface area (Å²) in [4.78, 5) is 11.6. The Morgan fingerprint density at radius 2 is 2.22 bits per heavy atom. The number of amides is 1. The second-order valence-electron chi connectivity index (χ2n) is 4.64. The number of aromatic nitrogens is 1. The molecule has 18 heavy (non-hydrogen) atoms. The van der Waals surface area contributed by atoms with E-state index in [1.807, 2.05) is 13.8 Å². The first-order valence-electron chi connectivity index (χ1n) is 5.97. The number of halogens is 1. The van der Waals surface area contributed by atoms with Crippen LogP contribution in [-0.2, 0) is 11.2 Å². The van der Waals surface area contributed by atoms with Crippen LogP contribution in [0.5, 0.6) is 0 Å². The first-order chi connectivity index (χ1) is 8.41. The van der Waals surface area contributed by atoms with Gasteiger partial charge in [0.25, 0.3) is 0 Å². The molecular formula is C12H19ClN2O3. The predicted octanol–water partition coefficient (Wildman–Crippen LogP) is 1.70. The molecular weight excluding hydrogens is 256 g/mol. The van der Waals surface area contributed by atoms with E-state index in [0.29, 0.717) is 18.5 Å². The van der Waals surface area contributed by atoms with Crippen molar-refractivity contribution in [1.82, 2.24) is 10.5 Å². The van der Waals surface area contributed by atoms with Crippen molar-refractivity contribution in [2.24, 2.45) is 5.92 Å². The van der Waals surface area contributed by atoms with Crippen LogP contribution in [0.25, 0.3) is 0 Å². The SMILES string of the molecule is Cc1noc(Cl)c1CCC(=O)NCC(O)C(C)C. The molecule has 0 aliphatic rings. The van der Waals surface area contributed by atoms with Crippen molar-refractivity contribution in [2.75, 3.05) is 6.54 Å². The van der Waals surface area contributed by atoms with Gasteiger partial charge in [0.1, 0.15) is 0 Å². The fourth-order valence-electron chi connectivity index (χ4n) is 1.42. The number of hydrogen-bond donors (Lipinski definition) is 2. The van der Waals surface area contributed by atoms with E-state index in [4.69, 9.17) is 16.1 Å². The number of carbonyl (C=O) groups is 1. The van der Waals surface area contributed by atoms with E-state index in [9.17, 15) is 9.90 Å². The Labute approximate surface area is 111 Å². The summed E-state index contributed by atoms with van der Waals surface area (Å²) in [5, 5.41) is 16.2. The van der Waals surface area contributed by atoms with Gasteiger partial charge < -0.3 is 14.9 Å². The molecule has 0 aromatic carbocycles. The molecule has 1 aromatic heterocycles. The number of aryl methyl sites for hydroxylation is 1. The number of aliphatic hydroxyl groups excluding tert-OH is 1. The lowest BCUT2D eigenvalue weighted by molar-refractivity contribution is -0.121. The maximum atomic E-state index is 11.6. The first kappa shape index (κ1) is 15.0. The zero-order valence-electron chi connectivity index (χ0n) is 10.9. The molecule has 0 saturated carbocycles. The standard InChI is InChI=1S/C12H19ClN2O3/c1-7(2)10(16)6-14-11(17)5-4-9-8(3)15-18-12(9)13/h7,10,16H,4-6H2,1-3H3,(H,14,17). The molecule has 1 heterocycles. The Morgan fingerprint density at radius 3 is 2.72 bits per heavy atom. The van der Waals surface area contributed by atoms with Crippen LogP contribution in [0.3, 0.4) is 0 Å². The summed E-state index contributed by atoms with van der Waals surface area (Å²) in [5.74, 6) is 0.00595. The van der Waals surface area contributed by atoms with Gasteiger partial charge in [-0.1, -0.05) is 19.0 Å². The Kier molecular flexibility index (Phi) is 5.62. The van der Waals surface area contributed by atoms with Gasteiger partial charge in [0.05, 0.1) is 11.8 Å². The molecule has 0 radical (unpaired) electrons. The van der Waals surface area contributed by atoms with Crippen LogP contribution in [0, 0.1) is 12.8 Å². The summed E-state index contributed by atoms with van der Waals surface area (Å²) in [5.41, 5.74) is 1.46. The molecule has 1 amide bonds. The van der Waals surface area contributed by atoms with Gasteiger partial charge in [-0.2, -0.15) is 0 Å². The number of carbonyl (C=O) groups excluding carboxylic acids is 1. The van der Waals surface area contributed by atoms with Gasteiger partial charge in [0, 0.05) is 18.5 Å². The Balaban J connectivity index is 2.34. The summed E-state index contributed by atoms with van der Waals surface area (Å²) in [6, 6.07) is 0. The first-order valence-corrected chi connectivity index (χ1v) is 6.35. The van der Waals surface area contributed by atoms with E-state index in [-0.39, 0.29) is 23.6 Å². The van der Waals surface area contributed by atoms with Crippen LogP contribution >= 0.6 is 11.6 Å². The zero-order chi connectivity index (χ0) is 13.7. The maximum Gasteiger partial charge on any atom is 0.229 e. The number of nitrogens with zero attached hydrogens (tertiary/aromatic N) is 1. The average Bonchev–Trinajstić information content (AvgIpc) is 2.63. The largest absolute Gasteiger partial charge is 0.391 e. The third-order valence-electron chi connectivity index (χ3n) is 2.82. The summed E-state index contributed by atoms with van der Waals surface area (Å²) in [6.07, 6.45) is 0.263. The van der Waals surface area contributed by atoms with E-state index in [2.05, 4.69) is 10.5 Å². The highest BCUT2D eigenvalue weighted by molar-refractivity contribution is 6.29. The molecule has 0 aliphatic heterocycles. The third-order valence-corrected chi connectivity index (χ3v) is 3.11. The van der Waals surface area contributed by atoms with Crippen molar-refractivity contribution in [3.05, 3.63) is 16.5 Å². The molecule has 0 spiro atoms. The lowest BCUT2D eigenvalue weighted by Crippen LogP contribution is -2.34. The monoisotopic (exact) mass is 274 g/mol. The topological polar surface area (TPSA) is 75.4 Å². The maximum absolute atomic E-state index is 11.6. The predicted molar refractivity (Wildman–Crippen MR) is 68.4 cm³/mol. The van der Waals surface area contributed by atoms with Crippen LogP contribution in [0.15, 0.2) is 4.52 Å². The Morgan fingerprint density at radius 1 is 1.56 bits per heavy atom. The van der Waals surface area contributed by atoms with Gasteiger partial charge in [-0.05, 0) is 30.9 Å². The lowest BCUT2D eigenvalue weighted by atomic mass is 10.1. The van der Waals surface area contributed by atoms with Gasteiger partial charge in [0.2, 0.25) is 11.1 Å². The van der Waals surface area contributed by atoms with Crippen LogP contribution < -0.4 is 5.32 Å². The van der Waals surface area contributed by atoms with E-state index >= 15 is 0 Å². The molecule has 0 aliphatic carbocycles. The highest BCUT2D eigenvalue weighted by atomic mass is 35.5. The van der Waals surface area contributed by atoms with E-state index < -0.39 is 6.10 Å². The molecule has 102 valence electrons. The fraction of sp³-hybridized carbons (Fsp3) is 0.667. The summed E-state index contributed by atoms with van der Waals surface area (Å²) in [6.45, 7) is 5.85. The van der Waals surface area contributed by atoms with Crippen LogP contribution in [-0.4, -0.2) is 28.8 Å². The van der Waals surface area contributed by atoms with Crippen LogP contribution in [0.1, 0.15) is 31.5 Å². The van der Waals surface area contributed by atoms with E-state index in [1.165, 1.54) is 0 Å². The molecule has 6 heteroatoms. The highest BCUT2D eigenvalue weighted by Crippen LogP contribution is 2.20. The number of nitrogens with one attached hydrogen (secondary N) is 1. The van der Waals surface area contributed by atoms with Gasteiger partial charge in [-0.3, -0.25) is 4.79 Å². The zero-order valence-corrected chi connectivity index (χ0v) is 11.6. The van der Waals surface area contributed by atoms with Crippen molar-refractivity contribution in [2.45, 2.75) is 39.7 Å². The molecule has 0 fully saturated rings. The molecule has 1 atom stereocenters. The molecule has 1 aromatic rings. The van der Waals surface area contributed by atoms with Crippen LogP contribution in [0.2, 0.25) is 5.22 Å². The molecule has 2 N–H and O–H groups in total. The van der Waals surface area contributed by atoms with E-state index in [0.717, 1.165) is 5.56 Å². The summed E-state index contributed by atoms with van der Waals surface area (Å²) >= 11 is 5.80. The molecule has 0 saturated heterocycles. The smallest absolute Gasteiger partial charge is 0.229 e. The van der Waals surface area contributed by atoms with Gasteiger partial charge in [-0.25, -0.2) is 0 Å².